The highest BCUT2D eigenvalue weighted by molar-refractivity contribution is 5.85. The molecule has 26 heavy (non-hydrogen) atoms. The second-order valence-corrected chi connectivity index (χ2v) is 7.09. The van der Waals surface area contributed by atoms with E-state index in [1.165, 1.54) is 34.8 Å². The van der Waals surface area contributed by atoms with Crippen LogP contribution in [0.5, 0.6) is 0 Å². The first-order valence-electron chi connectivity index (χ1n) is 9.15. The van der Waals surface area contributed by atoms with E-state index < -0.39 is 0 Å². The van der Waals surface area contributed by atoms with E-state index in [-0.39, 0.29) is 17.8 Å². The lowest BCUT2D eigenvalue weighted by molar-refractivity contribution is -0.105. The summed E-state index contributed by atoms with van der Waals surface area (Å²) in [5.41, 5.74) is 11.7. The summed E-state index contributed by atoms with van der Waals surface area (Å²) >= 11 is 0. The summed E-state index contributed by atoms with van der Waals surface area (Å²) in [4.78, 5) is 17.9. The van der Waals surface area contributed by atoms with Crippen molar-refractivity contribution >= 4 is 17.2 Å². The Morgan fingerprint density at radius 3 is 2.92 bits per heavy atom. The fraction of sp³-hybridized carbons (Fsp3) is 0.381. The molecule has 0 radical (unpaired) electrons. The number of nitrogens with zero attached hydrogens (tertiary/aromatic N) is 1. The van der Waals surface area contributed by atoms with Gasteiger partial charge in [-0.1, -0.05) is 29.8 Å². The lowest BCUT2D eigenvalue weighted by atomic mass is 9.78. The van der Waals surface area contributed by atoms with Crippen LogP contribution in [0, 0.1) is 5.92 Å². The topological polar surface area (TPSA) is 71.4 Å². The van der Waals surface area contributed by atoms with E-state index >= 15 is 0 Å². The Hall–Kier alpha value is -2.53. The van der Waals surface area contributed by atoms with Gasteiger partial charge in [-0.15, -0.1) is 0 Å². The molecule has 2 unspecified atom stereocenters. The number of para-hydroxylation sites is 1. The number of H-pyrrole nitrogens is 1. The third kappa shape index (κ3) is 2.54. The molecule has 0 aliphatic carbocycles. The first kappa shape index (κ1) is 16.9. The van der Waals surface area contributed by atoms with Crippen molar-refractivity contribution in [1.82, 2.24) is 9.88 Å². The smallest absolute Gasteiger partial charge is 0.190 e. The van der Waals surface area contributed by atoms with Gasteiger partial charge < -0.3 is 15.5 Å². The summed E-state index contributed by atoms with van der Waals surface area (Å²) < 4.78 is 5.18. The molecule has 0 spiro atoms. The zero-order chi connectivity index (χ0) is 18.3. The van der Waals surface area contributed by atoms with Gasteiger partial charge in [0, 0.05) is 35.6 Å². The van der Waals surface area contributed by atoms with E-state index in [1.807, 2.05) is 6.92 Å². The Morgan fingerprint density at radius 2 is 2.19 bits per heavy atom. The number of nitrogens with two attached hydrogens (primary N) is 1. The van der Waals surface area contributed by atoms with Crippen LogP contribution < -0.4 is 5.73 Å². The van der Waals surface area contributed by atoms with Gasteiger partial charge in [0.2, 0.25) is 0 Å². The standard InChI is InChI=1S/C21H25N3O2/c1-3-13-11-24-9-8-15-14-6-4-5-7-18(14)23-20(15)19(24)10-16(13)17(12-25)21(22)26-2/h3-7,12,16,19,23H,8-11,22H2,1-2H3/b13-3-,21-17?. The summed E-state index contributed by atoms with van der Waals surface area (Å²) in [5.74, 6) is 0.224. The molecular formula is C21H25N3O2. The Labute approximate surface area is 153 Å². The average molecular weight is 351 g/mol. The number of ether oxygens (including phenoxy) is 1. The molecule has 0 saturated carbocycles. The highest BCUT2D eigenvalue weighted by Gasteiger charge is 2.39. The number of benzene rings is 1. The molecule has 5 nitrogen and oxygen atoms in total. The van der Waals surface area contributed by atoms with Crippen LogP contribution >= 0.6 is 0 Å². The molecule has 1 aromatic carbocycles. The third-order valence-corrected chi connectivity index (χ3v) is 5.94. The van der Waals surface area contributed by atoms with Crippen LogP contribution in [0.15, 0.2) is 47.4 Å². The number of methoxy groups -OCH3 is 1. The third-order valence-electron chi connectivity index (χ3n) is 5.94. The van der Waals surface area contributed by atoms with Gasteiger partial charge in [0.05, 0.1) is 18.7 Å². The molecule has 3 N–H and O–H groups in total. The maximum atomic E-state index is 11.7. The fourth-order valence-electron chi connectivity index (χ4n) is 4.59. The Bertz CT molecular complexity index is 909. The molecule has 1 saturated heterocycles. The Morgan fingerprint density at radius 1 is 1.38 bits per heavy atom. The summed E-state index contributed by atoms with van der Waals surface area (Å²) in [7, 11) is 1.51. The monoisotopic (exact) mass is 351 g/mol. The van der Waals surface area contributed by atoms with Gasteiger partial charge in [0.15, 0.2) is 12.2 Å². The van der Waals surface area contributed by atoms with Crippen LogP contribution in [-0.4, -0.2) is 36.4 Å². The molecule has 5 heteroatoms. The Balaban J connectivity index is 1.78. The van der Waals surface area contributed by atoms with Crippen LogP contribution in [0.1, 0.15) is 30.6 Å². The zero-order valence-electron chi connectivity index (χ0n) is 15.3. The maximum Gasteiger partial charge on any atom is 0.190 e. The van der Waals surface area contributed by atoms with Gasteiger partial charge in [0.25, 0.3) is 0 Å². The number of carbonyl (C=O) groups excluding carboxylic acids is 1. The van der Waals surface area contributed by atoms with Crippen molar-refractivity contribution in [1.29, 1.82) is 0 Å². The van der Waals surface area contributed by atoms with Crippen molar-refractivity contribution in [2.75, 3.05) is 20.2 Å². The number of allylic oxidation sites excluding steroid dienone is 2. The normalized spacial score (nSPS) is 25.5. The number of aromatic nitrogens is 1. The Kier molecular flexibility index (Phi) is 4.32. The molecule has 2 aliphatic heterocycles. The number of hydrogen-bond acceptors (Lipinski definition) is 4. The second-order valence-electron chi connectivity index (χ2n) is 7.09. The predicted octanol–water partition coefficient (Wildman–Crippen LogP) is 3.05. The van der Waals surface area contributed by atoms with Crippen molar-refractivity contribution in [2.24, 2.45) is 11.7 Å². The number of carbonyl (C=O) groups is 1. The van der Waals surface area contributed by atoms with Gasteiger partial charge in [-0.3, -0.25) is 9.69 Å². The van der Waals surface area contributed by atoms with E-state index in [4.69, 9.17) is 10.5 Å². The minimum Gasteiger partial charge on any atom is -0.482 e. The molecule has 1 aromatic heterocycles. The van der Waals surface area contributed by atoms with Crippen LogP contribution in [0.4, 0.5) is 0 Å². The maximum absolute atomic E-state index is 11.7. The van der Waals surface area contributed by atoms with E-state index in [0.717, 1.165) is 32.2 Å². The van der Waals surface area contributed by atoms with E-state index in [9.17, 15) is 4.79 Å². The van der Waals surface area contributed by atoms with Gasteiger partial charge >= 0.3 is 0 Å². The van der Waals surface area contributed by atoms with Gasteiger partial charge in [-0.25, -0.2) is 0 Å². The van der Waals surface area contributed by atoms with Gasteiger partial charge in [-0.05, 0) is 31.4 Å². The number of nitrogens with one attached hydrogen (secondary N) is 1. The number of hydrogen-bond donors (Lipinski definition) is 2. The summed E-state index contributed by atoms with van der Waals surface area (Å²) in [6.07, 6.45) is 4.86. The van der Waals surface area contributed by atoms with Crippen LogP contribution in [0.2, 0.25) is 0 Å². The van der Waals surface area contributed by atoms with Crippen LogP contribution in [0.25, 0.3) is 10.9 Å². The van der Waals surface area contributed by atoms with E-state index in [0.29, 0.717) is 5.57 Å². The van der Waals surface area contributed by atoms with Gasteiger partial charge in [0.1, 0.15) is 0 Å². The first-order chi connectivity index (χ1) is 12.7. The van der Waals surface area contributed by atoms with Crippen molar-refractivity contribution in [3.05, 3.63) is 58.6 Å². The SMILES string of the molecule is C/C=C1/CN2CCc3c([nH]c4ccccc34)C2CC1C(C=O)=C(N)OC. The molecular weight excluding hydrogens is 326 g/mol. The number of rotatable bonds is 3. The summed E-state index contributed by atoms with van der Waals surface area (Å²) in [6, 6.07) is 8.75. The molecule has 136 valence electrons. The largest absolute Gasteiger partial charge is 0.482 e. The quantitative estimate of drug-likeness (QED) is 0.386. The molecule has 1 fully saturated rings. The minimum absolute atomic E-state index is 0.00365. The average Bonchev–Trinajstić information content (AvgIpc) is 3.07. The minimum atomic E-state index is -0.00365. The molecule has 3 heterocycles. The van der Waals surface area contributed by atoms with Gasteiger partial charge in [-0.2, -0.15) is 0 Å². The number of fused-ring (bicyclic) bond motifs is 5. The van der Waals surface area contributed by atoms with Crippen molar-refractivity contribution in [3.8, 4) is 0 Å². The van der Waals surface area contributed by atoms with Crippen LogP contribution in [-0.2, 0) is 16.0 Å². The molecule has 4 rings (SSSR count). The van der Waals surface area contributed by atoms with Crippen molar-refractivity contribution in [2.45, 2.75) is 25.8 Å². The number of aldehydes is 1. The predicted molar refractivity (Wildman–Crippen MR) is 102 cm³/mol. The van der Waals surface area contributed by atoms with E-state index in [1.54, 1.807) is 0 Å². The highest BCUT2D eigenvalue weighted by Crippen LogP contribution is 2.44. The first-order valence-corrected chi connectivity index (χ1v) is 9.15. The molecule has 0 amide bonds. The van der Waals surface area contributed by atoms with E-state index in [2.05, 4.69) is 40.2 Å². The molecule has 2 aromatic rings. The van der Waals surface area contributed by atoms with Crippen molar-refractivity contribution < 1.29 is 9.53 Å². The summed E-state index contributed by atoms with van der Waals surface area (Å²) in [6.45, 7) is 3.92. The lowest BCUT2D eigenvalue weighted by Gasteiger charge is -2.43. The summed E-state index contributed by atoms with van der Waals surface area (Å²) in [5, 5.41) is 1.32. The molecule has 0 bridgehead atoms. The molecule has 2 atom stereocenters. The second kappa shape index (κ2) is 6.65. The number of aromatic amines is 1. The zero-order valence-corrected chi connectivity index (χ0v) is 15.3. The molecule has 2 aliphatic rings. The van der Waals surface area contributed by atoms with Crippen LogP contribution in [0.3, 0.4) is 0 Å². The lowest BCUT2D eigenvalue weighted by Crippen LogP contribution is -2.43. The number of piperidine rings is 1. The highest BCUT2D eigenvalue weighted by atomic mass is 16.5. The van der Waals surface area contributed by atoms with Crippen molar-refractivity contribution in [3.63, 3.8) is 0 Å². The fourth-order valence-corrected chi connectivity index (χ4v) is 4.59.